The van der Waals surface area contributed by atoms with Crippen molar-refractivity contribution in [1.29, 1.82) is 0 Å². The van der Waals surface area contributed by atoms with E-state index in [9.17, 15) is 17.6 Å². The fraction of sp³-hybridized carbons (Fsp3) is 0.174. The third-order valence-electron chi connectivity index (χ3n) is 4.66. The number of amides is 1. The molecule has 0 aliphatic heterocycles. The van der Waals surface area contributed by atoms with E-state index < -0.39 is 10.0 Å². The highest BCUT2D eigenvalue weighted by Gasteiger charge is 2.19. The first-order valence-electron chi connectivity index (χ1n) is 9.63. The number of rotatable bonds is 8. The molecule has 0 saturated heterocycles. The smallest absolute Gasteiger partial charge is 0.261 e. The second kappa shape index (κ2) is 9.61. The van der Waals surface area contributed by atoms with E-state index in [1.165, 1.54) is 42.3 Å². The molecule has 1 amide bonds. The largest absolute Gasteiger partial charge is 0.497 e. The lowest BCUT2D eigenvalue weighted by Crippen LogP contribution is -2.30. The molecule has 3 aromatic carbocycles. The number of hydrogen-bond acceptors (Lipinski definition) is 4. The van der Waals surface area contributed by atoms with E-state index in [2.05, 4.69) is 4.72 Å². The highest BCUT2D eigenvalue weighted by Crippen LogP contribution is 2.21. The van der Waals surface area contributed by atoms with E-state index in [0.717, 1.165) is 0 Å². The fourth-order valence-electron chi connectivity index (χ4n) is 3.03. The Hall–Kier alpha value is -3.39. The highest BCUT2D eigenvalue weighted by molar-refractivity contribution is 7.92. The number of anilines is 1. The quantitative estimate of drug-likeness (QED) is 0.565. The molecule has 1 N–H and O–H groups in total. The number of methoxy groups -OCH3 is 1. The van der Waals surface area contributed by atoms with Crippen molar-refractivity contribution in [1.82, 2.24) is 4.90 Å². The van der Waals surface area contributed by atoms with Gasteiger partial charge >= 0.3 is 0 Å². The van der Waals surface area contributed by atoms with Gasteiger partial charge in [0.25, 0.3) is 15.9 Å². The molecule has 0 bridgehead atoms. The summed E-state index contributed by atoms with van der Waals surface area (Å²) in [6.45, 7) is 2.41. The molecule has 0 spiro atoms. The summed E-state index contributed by atoms with van der Waals surface area (Å²) >= 11 is 0. The Balaban J connectivity index is 1.80. The van der Waals surface area contributed by atoms with Crippen molar-refractivity contribution in [2.75, 3.05) is 18.4 Å². The van der Waals surface area contributed by atoms with Gasteiger partial charge in [-0.2, -0.15) is 0 Å². The first-order chi connectivity index (χ1) is 14.8. The SMILES string of the molecule is CCN(Cc1cccc(F)c1)C(=O)c1cccc(S(=O)(=O)Nc2ccc(OC)cc2)c1. The van der Waals surface area contributed by atoms with E-state index >= 15 is 0 Å². The zero-order valence-corrected chi connectivity index (χ0v) is 18.0. The number of nitrogens with one attached hydrogen (secondary N) is 1. The zero-order valence-electron chi connectivity index (χ0n) is 17.2. The topological polar surface area (TPSA) is 75.7 Å². The Morgan fingerprint density at radius 3 is 2.39 bits per heavy atom. The molecule has 0 aliphatic carbocycles. The minimum atomic E-state index is -3.90. The third-order valence-corrected chi connectivity index (χ3v) is 6.04. The Morgan fingerprint density at radius 1 is 1.03 bits per heavy atom. The summed E-state index contributed by atoms with van der Waals surface area (Å²) in [6.07, 6.45) is 0. The van der Waals surface area contributed by atoms with Gasteiger partial charge in [0.15, 0.2) is 0 Å². The minimum Gasteiger partial charge on any atom is -0.497 e. The van der Waals surface area contributed by atoms with Crippen molar-refractivity contribution in [2.45, 2.75) is 18.4 Å². The molecule has 6 nitrogen and oxygen atoms in total. The predicted molar refractivity (Wildman–Crippen MR) is 117 cm³/mol. The standard InChI is InChI=1S/C23H23FN2O4S/c1-3-26(16-17-6-4-8-19(24)14-17)23(27)18-7-5-9-22(15-18)31(28,29)25-20-10-12-21(30-2)13-11-20/h4-15,25H,3,16H2,1-2H3. The fourth-order valence-corrected chi connectivity index (χ4v) is 4.14. The van der Waals surface area contributed by atoms with Crippen molar-refractivity contribution in [2.24, 2.45) is 0 Å². The average molecular weight is 443 g/mol. The third kappa shape index (κ3) is 5.61. The highest BCUT2D eigenvalue weighted by atomic mass is 32.2. The van der Waals surface area contributed by atoms with Crippen LogP contribution < -0.4 is 9.46 Å². The van der Waals surface area contributed by atoms with E-state index in [1.807, 2.05) is 6.92 Å². The summed E-state index contributed by atoms with van der Waals surface area (Å²) in [7, 11) is -2.37. The van der Waals surface area contributed by atoms with E-state index in [0.29, 0.717) is 23.5 Å². The molecule has 0 aliphatic rings. The molecule has 0 atom stereocenters. The number of halogens is 1. The summed E-state index contributed by atoms with van der Waals surface area (Å²) in [5, 5.41) is 0. The Kier molecular flexibility index (Phi) is 6.91. The molecule has 0 unspecified atom stereocenters. The van der Waals surface area contributed by atoms with Gasteiger partial charge in [0.1, 0.15) is 11.6 Å². The molecule has 0 aromatic heterocycles. The van der Waals surface area contributed by atoms with Crippen LogP contribution >= 0.6 is 0 Å². The van der Waals surface area contributed by atoms with Gasteiger partial charge in [-0.05, 0) is 67.1 Å². The van der Waals surface area contributed by atoms with Crippen molar-refractivity contribution >= 4 is 21.6 Å². The number of sulfonamides is 1. The van der Waals surface area contributed by atoms with Gasteiger partial charge in [-0.25, -0.2) is 12.8 Å². The Morgan fingerprint density at radius 2 is 1.74 bits per heavy atom. The number of benzene rings is 3. The van der Waals surface area contributed by atoms with Gasteiger partial charge in [-0.15, -0.1) is 0 Å². The second-order valence-electron chi connectivity index (χ2n) is 6.81. The molecule has 8 heteroatoms. The van der Waals surface area contributed by atoms with E-state index in [-0.39, 0.29) is 28.7 Å². The summed E-state index contributed by atoms with van der Waals surface area (Å²) < 4.78 is 46.6. The minimum absolute atomic E-state index is 0.0315. The van der Waals surface area contributed by atoms with Gasteiger partial charge in [-0.3, -0.25) is 9.52 Å². The molecule has 31 heavy (non-hydrogen) atoms. The zero-order chi connectivity index (χ0) is 22.4. The molecule has 0 saturated carbocycles. The van der Waals surface area contributed by atoms with Crippen molar-refractivity contribution in [3.8, 4) is 5.75 Å². The van der Waals surface area contributed by atoms with Crippen LogP contribution in [0.25, 0.3) is 0 Å². The van der Waals surface area contributed by atoms with Crippen LogP contribution in [-0.2, 0) is 16.6 Å². The van der Waals surface area contributed by atoms with Crippen LogP contribution in [0.2, 0.25) is 0 Å². The van der Waals surface area contributed by atoms with Crippen LogP contribution in [0.1, 0.15) is 22.8 Å². The maximum Gasteiger partial charge on any atom is 0.261 e. The molecule has 0 heterocycles. The van der Waals surface area contributed by atoms with Crippen molar-refractivity contribution in [3.63, 3.8) is 0 Å². The van der Waals surface area contributed by atoms with Gasteiger partial charge in [-0.1, -0.05) is 18.2 Å². The van der Waals surface area contributed by atoms with Crippen LogP contribution in [-0.4, -0.2) is 32.9 Å². The summed E-state index contributed by atoms with van der Waals surface area (Å²) in [5.74, 6) is -0.111. The van der Waals surface area contributed by atoms with Gasteiger partial charge in [0.2, 0.25) is 0 Å². The van der Waals surface area contributed by atoms with Gasteiger partial charge < -0.3 is 9.64 Å². The number of carbonyl (C=O) groups excluding carboxylic acids is 1. The monoisotopic (exact) mass is 442 g/mol. The number of nitrogens with zero attached hydrogens (tertiary/aromatic N) is 1. The predicted octanol–water partition coefficient (Wildman–Crippen LogP) is 4.30. The van der Waals surface area contributed by atoms with Crippen LogP contribution in [0, 0.1) is 5.82 Å². The first-order valence-corrected chi connectivity index (χ1v) is 11.1. The molecular weight excluding hydrogens is 419 g/mol. The molecule has 0 fully saturated rings. The van der Waals surface area contributed by atoms with Crippen LogP contribution in [0.4, 0.5) is 10.1 Å². The maximum atomic E-state index is 13.5. The van der Waals surface area contributed by atoms with Gasteiger partial charge in [0, 0.05) is 24.3 Å². The lowest BCUT2D eigenvalue weighted by molar-refractivity contribution is 0.0752. The summed E-state index contributed by atoms with van der Waals surface area (Å²) in [5.41, 5.74) is 1.26. The summed E-state index contributed by atoms with van der Waals surface area (Å²) in [4.78, 5) is 14.5. The molecule has 3 rings (SSSR count). The Labute approximate surface area is 181 Å². The van der Waals surface area contributed by atoms with Crippen LogP contribution in [0.3, 0.4) is 0 Å². The molecule has 162 valence electrons. The normalized spacial score (nSPS) is 11.1. The van der Waals surface area contributed by atoms with Gasteiger partial charge in [0.05, 0.1) is 12.0 Å². The molecule has 3 aromatic rings. The Bertz CT molecular complexity index is 1160. The van der Waals surface area contributed by atoms with E-state index in [4.69, 9.17) is 4.74 Å². The first kappa shape index (κ1) is 22.3. The maximum absolute atomic E-state index is 13.5. The number of ether oxygens (including phenoxy) is 1. The second-order valence-corrected chi connectivity index (χ2v) is 8.49. The molecule has 0 radical (unpaired) electrons. The van der Waals surface area contributed by atoms with Crippen molar-refractivity contribution in [3.05, 3.63) is 89.7 Å². The number of hydrogen-bond donors (Lipinski definition) is 1. The van der Waals surface area contributed by atoms with Crippen molar-refractivity contribution < 1.29 is 22.3 Å². The lowest BCUT2D eigenvalue weighted by Gasteiger charge is -2.21. The molecular formula is C23H23FN2O4S. The van der Waals surface area contributed by atoms with E-state index in [1.54, 1.807) is 42.5 Å². The van der Waals surface area contributed by atoms with Crippen LogP contribution in [0.15, 0.2) is 77.7 Å². The lowest BCUT2D eigenvalue weighted by atomic mass is 10.1. The van der Waals surface area contributed by atoms with Crippen LogP contribution in [0.5, 0.6) is 5.75 Å². The summed E-state index contributed by atoms with van der Waals surface area (Å²) in [6, 6.07) is 18.3. The average Bonchev–Trinajstić information content (AvgIpc) is 2.77. The number of carbonyl (C=O) groups is 1.